The molecule has 4 rings (SSSR count). The molecule has 3 aliphatic rings. The van der Waals surface area contributed by atoms with Crippen molar-refractivity contribution < 1.29 is 23.0 Å². The third kappa shape index (κ3) is 3.64. The molecule has 1 N–H and O–H groups in total. The number of carbonyl (C=O) groups is 1. The monoisotopic (exact) mass is 419 g/mol. The smallest absolute Gasteiger partial charge is 0.256 e. The molecule has 1 saturated heterocycles. The van der Waals surface area contributed by atoms with Gasteiger partial charge in [-0.15, -0.1) is 0 Å². The summed E-state index contributed by atoms with van der Waals surface area (Å²) in [5.74, 6) is -2.16. The van der Waals surface area contributed by atoms with Gasteiger partial charge in [0.05, 0.1) is 11.1 Å². The zero-order valence-corrected chi connectivity index (χ0v) is 18.4. The van der Waals surface area contributed by atoms with Crippen molar-refractivity contribution in [3.05, 3.63) is 40.1 Å². The van der Waals surface area contributed by atoms with E-state index in [2.05, 4.69) is 38.2 Å². The summed E-state index contributed by atoms with van der Waals surface area (Å²) in [6, 6.07) is 4.14. The SMILES string of the molecule is CCc1cc(C)cc(C)c1C1=C(OC2OC2C(C)C)C2(CCC(F)(F)CC2)NC1=O. The number of carbonyl (C=O) groups excluding carboxylic acids is 1. The van der Waals surface area contributed by atoms with Crippen molar-refractivity contribution in [2.24, 2.45) is 5.92 Å². The number of hydrogen-bond acceptors (Lipinski definition) is 3. The van der Waals surface area contributed by atoms with Gasteiger partial charge in [0.1, 0.15) is 11.9 Å². The van der Waals surface area contributed by atoms with Crippen molar-refractivity contribution in [3.63, 3.8) is 0 Å². The fraction of sp³-hybridized carbons (Fsp3) is 0.625. The average Bonchev–Trinajstić information content (AvgIpc) is 3.38. The van der Waals surface area contributed by atoms with Gasteiger partial charge in [0.25, 0.3) is 5.91 Å². The first-order chi connectivity index (χ1) is 14.1. The van der Waals surface area contributed by atoms with Crippen LogP contribution in [0.15, 0.2) is 17.9 Å². The highest BCUT2D eigenvalue weighted by Gasteiger charge is 2.56. The Labute approximate surface area is 177 Å². The lowest BCUT2D eigenvalue weighted by atomic mass is 9.78. The number of ether oxygens (including phenoxy) is 2. The number of alkyl halides is 2. The van der Waals surface area contributed by atoms with Crippen molar-refractivity contribution in [2.75, 3.05) is 0 Å². The molecule has 4 nitrogen and oxygen atoms in total. The Morgan fingerprint density at radius 1 is 1.20 bits per heavy atom. The Kier molecular flexibility index (Phi) is 5.20. The molecule has 164 valence electrons. The number of epoxide rings is 1. The lowest BCUT2D eigenvalue weighted by molar-refractivity contribution is -0.118. The molecule has 1 spiro atoms. The minimum Gasteiger partial charge on any atom is -0.463 e. The molecule has 6 heteroatoms. The summed E-state index contributed by atoms with van der Waals surface area (Å²) >= 11 is 0. The van der Waals surface area contributed by atoms with E-state index in [0.717, 1.165) is 28.7 Å². The van der Waals surface area contributed by atoms with Crippen LogP contribution in [0.4, 0.5) is 8.78 Å². The summed E-state index contributed by atoms with van der Waals surface area (Å²) in [4.78, 5) is 13.3. The van der Waals surface area contributed by atoms with Crippen LogP contribution >= 0.6 is 0 Å². The van der Waals surface area contributed by atoms with Crippen LogP contribution in [0, 0.1) is 19.8 Å². The molecule has 2 aliphatic heterocycles. The number of benzene rings is 1. The Hall–Kier alpha value is -1.95. The first-order valence-corrected chi connectivity index (χ1v) is 10.9. The molecular weight excluding hydrogens is 388 g/mol. The zero-order valence-electron chi connectivity index (χ0n) is 18.4. The molecular formula is C24H31F2NO3. The fourth-order valence-corrected chi connectivity index (χ4v) is 4.96. The van der Waals surface area contributed by atoms with E-state index in [4.69, 9.17) is 9.47 Å². The molecule has 1 amide bonds. The number of hydrogen-bond donors (Lipinski definition) is 1. The van der Waals surface area contributed by atoms with Gasteiger partial charge in [-0.3, -0.25) is 4.79 Å². The third-order valence-corrected chi connectivity index (χ3v) is 6.64. The lowest BCUT2D eigenvalue weighted by Gasteiger charge is -2.38. The fourth-order valence-electron chi connectivity index (χ4n) is 4.96. The van der Waals surface area contributed by atoms with E-state index in [-0.39, 0.29) is 43.6 Å². The van der Waals surface area contributed by atoms with E-state index >= 15 is 0 Å². The van der Waals surface area contributed by atoms with Gasteiger partial charge in [-0.25, -0.2) is 8.78 Å². The van der Waals surface area contributed by atoms with E-state index in [1.165, 1.54) is 0 Å². The Bertz CT molecular complexity index is 896. The van der Waals surface area contributed by atoms with Crippen molar-refractivity contribution in [1.82, 2.24) is 5.32 Å². The molecule has 2 atom stereocenters. The van der Waals surface area contributed by atoms with Gasteiger partial charge in [0, 0.05) is 12.8 Å². The summed E-state index contributed by atoms with van der Waals surface area (Å²) < 4.78 is 39.9. The number of nitrogens with one attached hydrogen (secondary N) is 1. The molecule has 2 unspecified atom stereocenters. The quantitative estimate of drug-likeness (QED) is 0.680. The molecule has 2 heterocycles. The normalized spacial score (nSPS) is 27.0. The van der Waals surface area contributed by atoms with Crippen LogP contribution in [0.1, 0.15) is 68.7 Å². The van der Waals surface area contributed by atoms with Crippen molar-refractivity contribution >= 4 is 11.5 Å². The van der Waals surface area contributed by atoms with Crippen LogP contribution in [0.5, 0.6) is 0 Å². The summed E-state index contributed by atoms with van der Waals surface area (Å²) in [5, 5.41) is 3.05. The molecule has 30 heavy (non-hydrogen) atoms. The molecule has 0 aromatic heterocycles. The van der Waals surface area contributed by atoms with Crippen molar-refractivity contribution in [2.45, 2.75) is 90.6 Å². The molecule has 1 aliphatic carbocycles. The predicted octanol–water partition coefficient (Wildman–Crippen LogP) is 5.05. The first-order valence-electron chi connectivity index (χ1n) is 10.9. The highest BCUT2D eigenvalue weighted by atomic mass is 19.3. The van der Waals surface area contributed by atoms with Gasteiger partial charge in [-0.1, -0.05) is 38.5 Å². The summed E-state index contributed by atoms with van der Waals surface area (Å²) in [6.45, 7) is 10.2. The molecule has 0 bridgehead atoms. The number of rotatable bonds is 5. The Morgan fingerprint density at radius 2 is 1.87 bits per heavy atom. The maximum absolute atomic E-state index is 14.0. The van der Waals surface area contributed by atoms with E-state index in [1.807, 2.05) is 13.8 Å². The van der Waals surface area contributed by atoms with Gasteiger partial charge in [0.2, 0.25) is 12.2 Å². The topological polar surface area (TPSA) is 50.9 Å². The molecule has 1 aromatic rings. The molecule has 2 fully saturated rings. The van der Waals surface area contributed by atoms with Crippen molar-refractivity contribution in [1.29, 1.82) is 0 Å². The number of halogens is 2. The Morgan fingerprint density at radius 3 is 2.43 bits per heavy atom. The van der Waals surface area contributed by atoms with Gasteiger partial charge in [-0.05, 0) is 55.7 Å². The summed E-state index contributed by atoms with van der Waals surface area (Å²) in [6.07, 6.45) is 0.0902. The van der Waals surface area contributed by atoms with E-state index < -0.39 is 17.8 Å². The van der Waals surface area contributed by atoms with Crippen LogP contribution in [-0.2, 0) is 20.7 Å². The highest BCUT2D eigenvalue weighted by molar-refractivity contribution is 6.24. The van der Waals surface area contributed by atoms with E-state index in [9.17, 15) is 13.6 Å². The number of aryl methyl sites for hydroxylation is 3. The molecule has 1 aromatic carbocycles. The standard InChI is InChI=1S/C24H31F2NO3/c1-6-16-12-14(4)11-15(5)17(16)18-20(30-22-19(29-22)13(2)3)23(27-21(18)28)7-9-24(25,26)10-8-23/h11-13,19,22H,6-10H2,1-5H3,(H,27,28). The Balaban J connectivity index is 1.82. The van der Waals surface area contributed by atoms with Crippen LogP contribution < -0.4 is 5.32 Å². The maximum Gasteiger partial charge on any atom is 0.256 e. The van der Waals surface area contributed by atoms with Crippen LogP contribution in [0.3, 0.4) is 0 Å². The largest absolute Gasteiger partial charge is 0.463 e. The van der Waals surface area contributed by atoms with Gasteiger partial charge < -0.3 is 14.8 Å². The summed E-state index contributed by atoms with van der Waals surface area (Å²) in [7, 11) is 0. The second kappa shape index (κ2) is 7.33. The molecule has 1 saturated carbocycles. The minimum absolute atomic E-state index is 0.0405. The van der Waals surface area contributed by atoms with Gasteiger partial charge in [0.15, 0.2) is 0 Å². The van der Waals surface area contributed by atoms with Crippen LogP contribution in [0.25, 0.3) is 5.57 Å². The maximum atomic E-state index is 14.0. The van der Waals surface area contributed by atoms with Crippen molar-refractivity contribution in [3.8, 4) is 0 Å². The van der Waals surface area contributed by atoms with E-state index in [1.54, 1.807) is 0 Å². The van der Waals surface area contributed by atoms with Gasteiger partial charge >= 0.3 is 0 Å². The second-order valence-electron chi connectivity index (χ2n) is 9.40. The summed E-state index contributed by atoms with van der Waals surface area (Å²) in [5.41, 5.74) is 3.66. The molecule has 0 radical (unpaired) electrons. The number of amides is 1. The predicted molar refractivity (Wildman–Crippen MR) is 111 cm³/mol. The van der Waals surface area contributed by atoms with Crippen LogP contribution in [0.2, 0.25) is 0 Å². The van der Waals surface area contributed by atoms with Crippen LogP contribution in [-0.4, -0.2) is 29.8 Å². The van der Waals surface area contributed by atoms with E-state index in [0.29, 0.717) is 11.3 Å². The second-order valence-corrected chi connectivity index (χ2v) is 9.40. The minimum atomic E-state index is -2.70. The lowest BCUT2D eigenvalue weighted by Crippen LogP contribution is -2.50. The van der Waals surface area contributed by atoms with Gasteiger partial charge in [-0.2, -0.15) is 0 Å². The average molecular weight is 420 g/mol. The highest BCUT2D eigenvalue weighted by Crippen LogP contribution is 2.49. The first kappa shape index (κ1) is 21.3. The zero-order chi connectivity index (χ0) is 21.8. The third-order valence-electron chi connectivity index (χ3n) is 6.64.